The molecular weight excluding hydrogens is 350 g/mol. The number of carbonyl (C=O) groups is 1. The van der Waals surface area contributed by atoms with E-state index in [2.05, 4.69) is 23.5 Å². The predicted molar refractivity (Wildman–Crippen MR) is 108 cm³/mol. The minimum absolute atomic E-state index is 0.0975. The molecule has 6 atom stereocenters. The lowest BCUT2D eigenvalue weighted by atomic mass is 9.78. The number of nitrogens with one attached hydrogen (secondary N) is 1. The third-order valence-corrected chi connectivity index (χ3v) is 7.93. The fraction of sp³-hybridized carbons (Fsp3) is 0.708. The predicted octanol–water partition coefficient (Wildman–Crippen LogP) is 3.93. The molecule has 0 radical (unpaired) electrons. The van der Waals surface area contributed by atoms with E-state index < -0.39 is 0 Å². The smallest absolute Gasteiger partial charge is 0.309 e. The topological polar surface area (TPSA) is 47.6 Å². The molecule has 4 aliphatic rings. The van der Waals surface area contributed by atoms with Crippen LogP contribution in [0.1, 0.15) is 56.1 Å². The molecule has 152 valence electrons. The van der Waals surface area contributed by atoms with E-state index in [0.717, 1.165) is 43.5 Å². The van der Waals surface area contributed by atoms with E-state index in [1.165, 1.54) is 43.9 Å². The van der Waals surface area contributed by atoms with Crippen LogP contribution in [-0.4, -0.2) is 32.3 Å². The van der Waals surface area contributed by atoms with Gasteiger partial charge in [0.05, 0.1) is 13.0 Å². The zero-order valence-corrected chi connectivity index (χ0v) is 17.2. The van der Waals surface area contributed by atoms with Gasteiger partial charge in [0.25, 0.3) is 0 Å². The van der Waals surface area contributed by atoms with Crippen molar-refractivity contribution in [2.24, 2.45) is 29.6 Å². The van der Waals surface area contributed by atoms with Gasteiger partial charge >= 0.3 is 5.97 Å². The number of rotatable bonds is 5. The second-order valence-corrected chi connectivity index (χ2v) is 9.57. The zero-order chi connectivity index (χ0) is 19.3. The summed E-state index contributed by atoms with van der Waals surface area (Å²) in [6.07, 6.45) is 7.76. The van der Waals surface area contributed by atoms with Crippen LogP contribution in [0, 0.1) is 29.6 Å². The molecule has 3 fully saturated rings. The third-order valence-electron chi connectivity index (χ3n) is 7.93. The molecule has 2 heterocycles. The summed E-state index contributed by atoms with van der Waals surface area (Å²) in [7, 11) is 1.50. The molecule has 5 rings (SSSR count). The van der Waals surface area contributed by atoms with Crippen molar-refractivity contribution in [3.63, 3.8) is 0 Å². The first-order chi connectivity index (χ1) is 13.7. The lowest BCUT2D eigenvalue weighted by Crippen LogP contribution is -2.46. The molecule has 0 spiro atoms. The van der Waals surface area contributed by atoms with Crippen molar-refractivity contribution < 1.29 is 14.3 Å². The quantitative estimate of drug-likeness (QED) is 0.783. The van der Waals surface area contributed by atoms with Gasteiger partial charge in [-0.15, -0.1) is 0 Å². The van der Waals surface area contributed by atoms with Crippen LogP contribution >= 0.6 is 0 Å². The molecule has 2 aliphatic carbocycles. The molecule has 4 nitrogen and oxygen atoms in total. The van der Waals surface area contributed by atoms with Crippen LogP contribution in [0.4, 0.5) is 0 Å². The Morgan fingerprint density at radius 3 is 2.57 bits per heavy atom. The van der Waals surface area contributed by atoms with Gasteiger partial charge < -0.3 is 14.8 Å². The molecule has 1 saturated heterocycles. The van der Waals surface area contributed by atoms with Gasteiger partial charge in [-0.25, -0.2) is 0 Å². The molecule has 0 amide bonds. The molecule has 1 aromatic carbocycles. The maximum atomic E-state index is 12.2. The van der Waals surface area contributed by atoms with E-state index in [-0.39, 0.29) is 17.8 Å². The van der Waals surface area contributed by atoms with Crippen LogP contribution in [0.2, 0.25) is 0 Å². The number of fused-ring (bicyclic) bond motifs is 3. The highest BCUT2D eigenvalue weighted by Gasteiger charge is 2.45. The molecule has 1 unspecified atom stereocenters. The van der Waals surface area contributed by atoms with E-state index in [0.29, 0.717) is 17.9 Å². The van der Waals surface area contributed by atoms with Crippen LogP contribution in [-0.2, 0) is 16.0 Å². The monoisotopic (exact) mass is 383 g/mol. The molecule has 2 aliphatic heterocycles. The molecular formula is C24H33NO3. The molecule has 2 saturated carbocycles. The van der Waals surface area contributed by atoms with Gasteiger partial charge in [0, 0.05) is 5.92 Å². The second kappa shape index (κ2) is 7.37. The Hall–Kier alpha value is -1.55. The first-order valence-electron chi connectivity index (χ1n) is 11.2. The molecule has 1 aromatic rings. The normalized spacial score (nSPS) is 33.5. The van der Waals surface area contributed by atoms with Crippen molar-refractivity contribution in [2.45, 2.75) is 57.5 Å². The molecule has 4 heteroatoms. The van der Waals surface area contributed by atoms with Gasteiger partial charge in [-0.1, -0.05) is 19.1 Å². The van der Waals surface area contributed by atoms with E-state index in [1.807, 2.05) is 6.92 Å². The molecule has 1 N–H and O–H groups in total. The van der Waals surface area contributed by atoms with Crippen LogP contribution < -0.4 is 10.1 Å². The third kappa shape index (κ3) is 3.24. The van der Waals surface area contributed by atoms with Crippen LogP contribution in [0.5, 0.6) is 5.75 Å². The van der Waals surface area contributed by atoms with E-state index in [4.69, 9.17) is 9.47 Å². The van der Waals surface area contributed by atoms with Crippen molar-refractivity contribution >= 4 is 5.97 Å². The zero-order valence-electron chi connectivity index (χ0n) is 17.2. The highest BCUT2D eigenvalue weighted by atomic mass is 16.5. The number of carbonyl (C=O) groups excluding carboxylic acids is 1. The van der Waals surface area contributed by atoms with Crippen molar-refractivity contribution in [1.29, 1.82) is 0 Å². The lowest BCUT2D eigenvalue weighted by molar-refractivity contribution is -0.145. The fourth-order valence-corrected chi connectivity index (χ4v) is 6.38. The van der Waals surface area contributed by atoms with Gasteiger partial charge in [0.1, 0.15) is 11.9 Å². The minimum Gasteiger partial charge on any atom is -0.490 e. The summed E-state index contributed by atoms with van der Waals surface area (Å²) in [6, 6.07) is 6.74. The first kappa shape index (κ1) is 18.5. The Kier molecular flexibility index (Phi) is 4.86. The molecule has 2 bridgehead atoms. The highest BCUT2D eigenvalue weighted by Crippen LogP contribution is 2.49. The number of esters is 1. The Balaban J connectivity index is 1.39. The summed E-state index contributed by atoms with van der Waals surface area (Å²) in [4.78, 5) is 12.2. The largest absolute Gasteiger partial charge is 0.490 e. The fourth-order valence-electron chi connectivity index (χ4n) is 6.38. The van der Waals surface area contributed by atoms with Crippen LogP contribution in [0.25, 0.3) is 0 Å². The van der Waals surface area contributed by atoms with Crippen LogP contribution in [0.15, 0.2) is 18.2 Å². The number of benzene rings is 1. The summed E-state index contributed by atoms with van der Waals surface area (Å²) in [5.41, 5.74) is 2.59. The minimum atomic E-state index is -0.102. The van der Waals surface area contributed by atoms with Gasteiger partial charge in [-0.05, 0) is 92.5 Å². The van der Waals surface area contributed by atoms with Crippen molar-refractivity contribution in [1.82, 2.24) is 5.32 Å². The Morgan fingerprint density at radius 1 is 1.14 bits per heavy atom. The molecule has 28 heavy (non-hydrogen) atoms. The summed E-state index contributed by atoms with van der Waals surface area (Å²) in [5, 5.41) is 3.61. The summed E-state index contributed by atoms with van der Waals surface area (Å²) < 4.78 is 11.7. The van der Waals surface area contributed by atoms with Crippen molar-refractivity contribution in [3.05, 3.63) is 29.3 Å². The molecule has 0 aromatic heterocycles. The Morgan fingerprint density at radius 2 is 1.89 bits per heavy atom. The summed E-state index contributed by atoms with van der Waals surface area (Å²) in [5.74, 6) is 4.01. The number of aryl methyl sites for hydroxylation is 1. The van der Waals surface area contributed by atoms with E-state index in [1.54, 1.807) is 0 Å². The maximum absolute atomic E-state index is 12.2. The standard InChI is InChI=1S/C24H33NO3/c1-14(24(26)27-2)22(16-4-5-16)17-6-3-15-9-10-20(28-21(15)11-17)23-18-7-8-19(23)13-25-12-18/h3,6,11,14,16,18-20,22-23,25H,4-5,7-10,12-13H2,1-2H3/t14-,18-,19+,20-,22+,23?/m1/s1. The van der Waals surface area contributed by atoms with Crippen molar-refractivity contribution in [3.8, 4) is 5.75 Å². The Labute approximate surface area is 168 Å². The maximum Gasteiger partial charge on any atom is 0.309 e. The Bertz CT molecular complexity index is 727. The summed E-state index contributed by atoms with van der Waals surface area (Å²) in [6.45, 7) is 4.34. The number of hydrogen-bond donors (Lipinski definition) is 1. The highest BCUT2D eigenvalue weighted by molar-refractivity contribution is 5.73. The van der Waals surface area contributed by atoms with E-state index >= 15 is 0 Å². The average Bonchev–Trinajstić information content (AvgIpc) is 3.52. The number of ether oxygens (including phenoxy) is 2. The van der Waals surface area contributed by atoms with Crippen molar-refractivity contribution in [2.75, 3.05) is 20.2 Å². The SMILES string of the molecule is COC(=O)[C@H](C)[C@H](c1ccc2c(c1)O[C@@H](C1[C@@H]3CC[C@H]1CNC3)CC2)C1CC1. The van der Waals surface area contributed by atoms with Gasteiger partial charge in [-0.2, -0.15) is 0 Å². The van der Waals surface area contributed by atoms with Crippen LogP contribution in [0.3, 0.4) is 0 Å². The van der Waals surface area contributed by atoms with Gasteiger partial charge in [0.15, 0.2) is 0 Å². The van der Waals surface area contributed by atoms with Gasteiger partial charge in [0.2, 0.25) is 0 Å². The second-order valence-electron chi connectivity index (χ2n) is 9.57. The number of piperidine rings is 1. The number of hydrogen-bond acceptors (Lipinski definition) is 4. The van der Waals surface area contributed by atoms with Gasteiger partial charge in [-0.3, -0.25) is 4.79 Å². The number of methoxy groups -OCH3 is 1. The average molecular weight is 384 g/mol. The lowest BCUT2D eigenvalue weighted by Gasteiger charge is -2.39. The van der Waals surface area contributed by atoms with E-state index in [9.17, 15) is 4.79 Å². The summed E-state index contributed by atoms with van der Waals surface area (Å²) >= 11 is 0. The first-order valence-corrected chi connectivity index (χ1v) is 11.2.